The molecule has 7 nitrogen and oxygen atoms in total. The molecule has 1 fully saturated rings. The van der Waals surface area contributed by atoms with Crippen LogP contribution in [-0.2, 0) is 26.0 Å². The summed E-state index contributed by atoms with van der Waals surface area (Å²) in [5.74, 6) is 0.486. The van der Waals surface area contributed by atoms with Crippen LogP contribution in [-0.4, -0.2) is 58.1 Å². The van der Waals surface area contributed by atoms with Crippen molar-refractivity contribution in [1.29, 1.82) is 0 Å². The maximum Gasteiger partial charge on any atom is 0.265 e. The SMILES string of the molecule is O=C1COc2ccc(S(=O)(=O)N3CCOCC3)c3c2N1CCC3. The molecule has 3 aliphatic heterocycles. The van der Waals surface area contributed by atoms with E-state index in [1.807, 2.05) is 0 Å². The first kappa shape index (κ1) is 14.9. The summed E-state index contributed by atoms with van der Waals surface area (Å²) < 4.78 is 38.2. The fourth-order valence-corrected chi connectivity index (χ4v) is 5.07. The van der Waals surface area contributed by atoms with Gasteiger partial charge in [0.15, 0.2) is 6.61 Å². The highest BCUT2D eigenvalue weighted by Gasteiger charge is 2.36. The summed E-state index contributed by atoms with van der Waals surface area (Å²) in [6.07, 6.45) is 1.39. The Labute approximate surface area is 134 Å². The zero-order valence-corrected chi connectivity index (χ0v) is 13.5. The van der Waals surface area contributed by atoms with E-state index in [2.05, 4.69) is 0 Å². The van der Waals surface area contributed by atoms with Crippen molar-refractivity contribution >= 4 is 21.6 Å². The fourth-order valence-electron chi connectivity index (χ4n) is 3.41. The van der Waals surface area contributed by atoms with Gasteiger partial charge in [-0.05, 0) is 30.5 Å². The second kappa shape index (κ2) is 5.47. The number of hydrogen-bond acceptors (Lipinski definition) is 5. The number of carbonyl (C=O) groups excluding carboxylic acids is 1. The van der Waals surface area contributed by atoms with Crippen molar-refractivity contribution in [2.24, 2.45) is 0 Å². The van der Waals surface area contributed by atoms with Crippen molar-refractivity contribution in [3.8, 4) is 5.75 Å². The number of anilines is 1. The van der Waals surface area contributed by atoms with Crippen LogP contribution in [0.5, 0.6) is 5.75 Å². The average Bonchev–Trinajstić information content (AvgIpc) is 2.59. The number of carbonyl (C=O) groups is 1. The molecule has 0 atom stereocenters. The van der Waals surface area contributed by atoms with E-state index in [0.29, 0.717) is 61.2 Å². The van der Waals surface area contributed by atoms with Gasteiger partial charge >= 0.3 is 0 Å². The average molecular weight is 338 g/mol. The minimum Gasteiger partial charge on any atom is -0.482 e. The Hall–Kier alpha value is -1.64. The van der Waals surface area contributed by atoms with E-state index >= 15 is 0 Å². The largest absolute Gasteiger partial charge is 0.482 e. The van der Waals surface area contributed by atoms with Gasteiger partial charge in [-0.15, -0.1) is 0 Å². The first-order valence-electron chi connectivity index (χ1n) is 7.76. The van der Waals surface area contributed by atoms with Gasteiger partial charge < -0.3 is 14.4 Å². The fraction of sp³-hybridized carbons (Fsp3) is 0.533. The lowest BCUT2D eigenvalue weighted by molar-refractivity contribution is -0.121. The third-order valence-electron chi connectivity index (χ3n) is 4.52. The standard InChI is InChI=1S/C15H18N2O5S/c18-14-10-22-12-3-4-13(11-2-1-5-17(14)15(11)12)23(19,20)16-6-8-21-9-7-16/h3-4H,1-2,5-10H2. The van der Waals surface area contributed by atoms with Gasteiger partial charge in [0.25, 0.3) is 5.91 Å². The molecule has 0 bridgehead atoms. The summed E-state index contributed by atoms with van der Waals surface area (Å²) in [6.45, 7) is 2.17. The van der Waals surface area contributed by atoms with Crippen molar-refractivity contribution in [3.63, 3.8) is 0 Å². The van der Waals surface area contributed by atoms with Crippen LogP contribution in [0.2, 0.25) is 0 Å². The predicted molar refractivity (Wildman–Crippen MR) is 82.2 cm³/mol. The van der Waals surface area contributed by atoms with Crippen molar-refractivity contribution in [1.82, 2.24) is 4.31 Å². The number of sulfonamides is 1. The highest BCUT2D eigenvalue weighted by molar-refractivity contribution is 7.89. The maximum atomic E-state index is 13.0. The topological polar surface area (TPSA) is 76.2 Å². The minimum absolute atomic E-state index is 0.0159. The lowest BCUT2D eigenvalue weighted by Crippen LogP contribution is -2.44. The lowest BCUT2D eigenvalue weighted by atomic mass is 10.00. The van der Waals surface area contributed by atoms with E-state index in [9.17, 15) is 13.2 Å². The minimum atomic E-state index is -3.59. The summed E-state index contributed by atoms with van der Waals surface area (Å²) in [4.78, 5) is 14.0. The van der Waals surface area contributed by atoms with Crippen molar-refractivity contribution in [3.05, 3.63) is 17.7 Å². The molecular weight excluding hydrogens is 320 g/mol. The zero-order valence-electron chi connectivity index (χ0n) is 12.7. The Morgan fingerprint density at radius 2 is 1.87 bits per heavy atom. The highest BCUT2D eigenvalue weighted by atomic mass is 32.2. The Bertz CT molecular complexity index is 755. The molecule has 0 saturated carbocycles. The third-order valence-corrected chi connectivity index (χ3v) is 6.50. The normalized spacial score (nSPS) is 21.7. The first-order chi connectivity index (χ1) is 11.1. The van der Waals surface area contributed by atoms with E-state index in [4.69, 9.17) is 9.47 Å². The summed E-state index contributed by atoms with van der Waals surface area (Å²) in [6, 6.07) is 3.27. The predicted octanol–water partition coefficient (Wildman–Crippen LogP) is 0.379. The van der Waals surface area contributed by atoms with Crippen LogP contribution in [0.3, 0.4) is 0 Å². The number of hydrogen-bond donors (Lipinski definition) is 0. The van der Waals surface area contributed by atoms with E-state index in [-0.39, 0.29) is 12.5 Å². The number of ether oxygens (including phenoxy) is 2. The Morgan fingerprint density at radius 3 is 2.65 bits per heavy atom. The van der Waals surface area contributed by atoms with Crippen LogP contribution in [0.25, 0.3) is 0 Å². The molecule has 3 heterocycles. The molecule has 23 heavy (non-hydrogen) atoms. The molecule has 0 radical (unpaired) electrons. The van der Waals surface area contributed by atoms with Crippen LogP contribution >= 0.6 is 0 Å². The monoisotopic (exact) mass is 338 g/mol. The molecule has 1 aromatic carbocycles. The number of nitrogens with zero attached hydrogens (tertiary/aromatic N) is 2. The molecule has 1 aromatic rings. The first-order valence-corrected chi connectivity index (χ1v) is 9.20. The van der Waals surface area contributed by atoms with Crippen molar-refractivity contribution in [2.45, 2.75) is 17.7 Å². The van der Waals surface area contributed by atoms with Crippen LogP contribution < -0.4 is 9.64 Å². The van der Waals surface area contributed by atoms with Crippen LogP contribution in [0.1, 0.15) is 12.0 Å². The van der Waals surface area contributed by atoms with Gasteiger partial charge in [0, 0.05) is 19.6 Å². The van der Waals surface area contributed by atoms with Crippen molar-refractivity contribution < 1.29 is 22.7 Å². The molecular formula is C15H18N2O5S. The number of benzene rings is 1. The molecule has 1 saturated heterocycles. The van der Waals surface area contributed by atoms with Gasteiger partial charge in [0.2, 0.25) is 10.0 Å². The Balaban J connectivity index is 1.83. The van der Waals surface area contributed by atoms with Gasteiger partial charge in [-0.3, -0.25) is 4.79 Å². The van der Waals surface area contributed by atoms with Crippen LogP contribution in [0.4, 0.5) is 5.69 Å². The van der Waals surface area contributed by atoms with Crippen LogP contribution in [0.15, 0.2) is 17.0 Å². The van der Waals surface area contributed by atoms with E-state index in [1.54, 1.807) is 17.0 Å². The molecule has 1 amide bonds. The quantitative estimate of drug-likeness (QED) is 0.779. The highest BCUT2D eigenvalue weighted by Crippen LogP contribution is 2.42. The molecule has 4 rings (SSSR count). The molecule has 0 aromatic heterocycles. The smallest absolute Gasteiger partial charge is 0.265 e. The van der Waals surface area contributed by atoms with E-state index in [0.717, 1.165) is 6.42 Å². The summed E-state index contributed by atoms with van der Waals surface area (Å²) >= 11 is 0. The Morgan fingerprint density at radius 1 is 1.09 bits per heavy atom. The molecule has 0 N–H and O–H groups in total. The molecule has 8 heteroatoms. The van der Waals surface area contributed by atoms with E-state index in [1.165, 1.54) is 4.31 Å². The number of morpholine rings is 1. The second-order valence-electron chi connectivity index (χ2n) is 5.84. The van der Waals surface area contributed by atoms with Gasteiger partial charge in [-0.25, -0.2) is 8.42 Å². The van der Waals surface area contributed by atoms with Gasteiger partial charge in [-0.2, -0.15) is 4.31 Å². The summed E-state index contributed by atoms with van der Waals surface area (Å²) in [5, 5.41) is 0. The van der Waals surface area contributed by atoms with Gasteiger partial charge in [0.1, 0.15) is 5.75 Å². The molecule has 0 aliphatic carbocycles. The molecule has 0 unspecified atom stereocenters. The molecule has 3 aliphatic rings. The number of rotatable bonds is 2. The van der Waals surface area contributed by atoms with E-state index < -0.39 is 10.0 Å². The number of amides is 1. The Kier molecular flexibility index (Phi) is 3.55. The summed E-state index contributed by atoms with van der Waals surface area (Å²) in [7, 11) is -3.59. The lowest BCUT2D eigenvalue weighted by Gasteiger charge is -2.36. The second-order valence-corrected chi connectivity index (χ2v) is 7.75. The van der Waals surface area contributed by atoms with Crippen LogP contribution in [0, 0.1) is 0 Å². The van der Waals surface area contributed by atoms with Crippen molar-refractivity contribution in [2.75, 3.05) is 44.4 Å². The van der Waals surface area contributed by atoms with Gasteiger partial charge in [-0.1, -0.05) is 0 Å². The summed E-state index contributed by atoms with van der Waals surface area (Å²) in [5.41, 5.74) is 1.34. The maximum absolute atomic E-state index is 13.0. The molecule has 124 valence electrons. The zero-order chi connectivity index (χ0) is 16.0. The van der Waals surface area contributed by atoms with Gasteiger partial charge in [0.05, 0.1) is 23.8 Å². The third kappa shape index (κ3) is 2.32. The molecule has 0 spiro atoms.